The van der Waals surface area contributed by atoms with Gasteiger partial charge in [0.25, 0.3) is 0 Å². The van der Waals surface area contributed by atoms with Crippen LogP contribution in [0.25, 0.3) is 0 Å². The molecule has 1 aliphatic carbocycles. The molecule has 4 heteroatoms. The van der Waals surface area contributed by atoms with Crippen LogP contribution in [0.15, 0.2) is 0 Å². The van der Waals surface area contributed by atoms with E-state index in [0.29, 0.717) is 18.3 Å². The van der Waals surface area contributed by atoms with Crippen LogP contribution in [0.2, 0.25) is 0 Å². The second-order valence-electron chi connectivity index (χ2n) is 5.07. The van der Waals surface area contributed by atoms with E-state index < -0.39 is 12.0 Å². The van der Waals surface area contributed by atoms with Gasteiger partial charge in [-0.25, -0.2) is 0 Å². The van der Waals surface area contributed by atoms with Crippen LogP contribution in [0.1, 0.15) is 45.4 Å². The first kappa shape index (κ1) is 14.5. The van der Waals surface area contributed by atoms with Crippen LogP contribution in [-0.4, -0.2) is 35.4 Å². The molecule has 0 radical (unpaired) electrons. The van der Waals surface area contributed by atoms with Crippen molar-refractivity contribution in [1.82, 2.24) is 5.32 Å². The second-order valence-corrected chi connectivity index (χ2v) is 5.07. The van der Waals surface area contributed by atoms with Gasteiger partial charge in [0.05, 0.1) is 0 Å². The van der Waals surface area contributed by atoms with E-state index in [9.17, 15) is 9.90 Å². The minimum Gasteiger partial charge on any atom is -0.480 e. The Bertz CT molecular complexity index is 233. The van der Waals surface area contributed by atoms with E-state index in [0.717, 1.165) is 38.6 Å². The Kier molecular flexibility index (Phi) is 6.52. The summed E-state index contributed by atoms with van der Waals surface area (Å²) in [5.74, 6) is 0.0589. The van der Waals surface area contributed by atoms with Gasteiger partial charge in [-0.05, 0) is 37.6 Å². The fourth-order valence-electron chi connectivity index (χ4n) is 2.64. The lowest BCUT2D eigenvalue weighted by atomic mass is 9.96. The number of nitrogens with one attached hydrogen (secondary N) is 1. The molecule has 4 nitrogen and oxygen atoms in total. The molecule has 0 saturated heterocycles. The van der Waals surface area contributed by atoms with Gasteiger partial charge in [-0.3, -0.25) is 4.79 Å². The van der Waals surface area contributed by atoms with E-state index in [-0.39, 0.29) is 6.61 Å². The molecule has 3 atom stereocenters. The van der Waals surface area contributed by atoms with Crippen LogP contribution in [0.3, 0.4) is 0 Å². The molecule has 100 valence electrons. The first-order chi connectivity index (χ1) is 8.19. The minimum atomic E-state index is -0.753. The number of carboxylic acid groups (broad SMARTS) is 1. The van der Waals surface area contributed by atoms with Crippen molar-refractivity contribution < 1.29 is 15.0 Å². The van der Waals surface area contributed by atoms with Gasteiger partial charge < -0.3 is 15.5 Å². The lowest BCUT2D eigenvalue weighted by molar-refractivity contribution is -0.139. The molecular weight excluding hydrogens is 218 g/mol. The van der Waals surface area contributed by atoms with Crippen LogP contribution in [0.4, 0.5) is 0 Å². The highest BCUT2D eigenvalue weighted by Gasteiger charge is 2.27. The number of carbonyl (C=O) groups is 1. The fraction of sp³-hybridized carbons (Fsp3) is 0.923. The molecule has 0 aromatic rings. The average molecular weight is 243 g/mol. The van der Waals surface area contributed by atoms with E-state index in [2.05, 4.69) is 12.2 Å². The summed E-state index contributed by atoms with van der Waals surface area (Å²) in [6, 6.07) is -0.421. The van der Waals surface area contributed by atoms with Gasteiger partial charge in [-0.15, -0.1) is 0 Å². The Balaban J connectivity index is 2.32. The highest BCUT2D eigenvalue weighted by atomic mass is 16.4. The standard InChI is InChI=1S/C13H25NO3/c1-2-3-7-12(13(16)17)14-8-10-5-4-6-11(10)9-15/h10-12,14-15H,2-9H2,1H3,(H,16,17). The van der Waals surface area contributed by atoms with Crippen molar-refractivity contribution >= 4 is 5.97 Å². The number of hydrogen-bond acceptors (Lipinski definition) is 3. The summed E-state index contributed by atoms with van der Waals surface area (Å²) in [5, 5.41) is 21.4. The Labute approximate surface area is 103 Å². The zero-order valence-corrected chi connectivity index (χ0v) is 10.7. The molecule has 3 unspecified atom stereocenters. The molecule has 1 fully saturated rings. The summed E-state index contributed by atoms with van der Waals surface area (Å²) >= 11 is 0. The van der Waals surface area contributed by atoms with Crippen LogP contribution in [-0.2, 0) is 4.79 Å². The summed E-state index contributed by atoms with van der Waals surface area (Å²) in [6.07, 6.45) is 6.01. The summed E-state index contributed by atoms with van der Waals surface area (Å²) in [5.41, 5.74) is 0. The molecule has 1 aliphatic rings. The fourth-order valence-corrected chi connectivity index (χ4v) is 2.64. The maximum atomic E-state index is 11.0. The first-order valence-corrected chi connectivity index (χ1v) is 6.76. The summed E-state index contributed by atoms with van der Waals surface area (Å²) in [7, 11) is 0. The number of unbranched alkanes of at least 4 members (excludes halogenated alkanes) is 1. The lowest BCUT2D eigenvalue weighted by Gasteiger charge is -2.21. The molecule has 0 amide bonds. The van der Waals surface area contributed by atoms with E-state index in [1.165, 1.54) is 0 Å². The van der Waals surface area contributed by atoms with Gasteiger partial charge in [0, 0.05) is 6.61 Å². The number of rotatable bonds is 8. The maximum absolute atomic E-state index is 11.0. The third-order valence-electron chi connectivity index (χ3n) is 3.82. The molecule has 1 rings (SSSR count). The van der Waals surface area contributed by atoms with E-state index in [1.54, 1.807) is 0 Å². The average Bonchev–Trinajstić information content (AvgIpc) is 2.76. The quantitative estimate of drug-likeness (QED) is 0.606. The minimum absolute atomic E-state index is 0.235. The Morgan fingerprint density at radius 1 is 1.41 bits per heavy atom. The van der Waals surface area contributed by atoms with Gasteiger partial charge in [0.1, 0.15) is 6.04 Å². The smallest absolute Gasteiger partial charge is 0.320 e. The second kappa shape index (κ2) is 7.67. The third-order valence-corrected chi connectivity index (χ3v) is 3.82. The van der Waals surface area contributed by atoms with E-state index in [1.807, 2.05) is 0 Å². The lowest BCUT2D eigenvalue weighted by Crippen LogP contribution is -2.40. The summed E-state index contributed by atoms with van der Waals surface area (Å²) in [4.78, 5) is 11.0. The molecule has 0 heterocycles. The molecule has 17 heavy (non-hydrogen) atoms. The topological polar surface area (TPSA) is 69.6 Å². The number of aliphatic carboxylic acids is 1. The van der Waals surface area contributed by atoms with Gasteiger partial charge in [0.15, 0.2) is 0 Å². The largest absolute Gasteiger partial charge is 0.480 e. The summed E-state index contributed by atoms with van der Waals surface area (Å²) < 4.78 is 0. The van der Waals surface area contributed by atoms with Crippen molar-refractivity contribution in [3.63, 3.8) is 0 Å². The molecule has 0 aromatic carbocycles. The monoisotopic (exact) mass is 243 g/mol. The predicted octanol–water partition coefficient (Wildman–Crippen LogP) is 1.63. The van der Waals surface area contributed by atoms with Crippen LogP contribution in [0, 0.1) is 11.8 Å². The van der Waals surface area contributed by atoms with Crippen molar-refractivity contribution in [2.75, 3.05) is 13.2 Å². The van der Waals surface area contributed by atoms with Gasteiger partial charge >= 0.3 is 5.97 Å². The van der Waals surface area contributed by atoms with Crippen molar-refractivity contribution in [3.05, 3.63) is 0 Å². The molecule has 0 aromatic heterocycles. The Hall–Kier alpha value is -0.610. The van der Waals surface area contributed by atoms with E-state index >= 15 is 0 Å². The molecular formula is C13H25NO3. The number of carboxylic acids is 1. The first-order valence-electron chi connectivity index (χ1n) is 6.76. The van der Waals surface area contributed by atoms with Crippen molar-refractivity contribution in [3.8, 4) is 0 Å². The highest BCUT2D eigenvalue weighted by Crippen LogP contribution is 2.30. The molecule has 0 bridgehead atoms. The van der Waals surface area contributed by atoms with Crippen molar-refractivity contribution in [2.45, 2.75) is 51.5 Å². The maximum Gasteiger partial charge on any atom is 0.320 e. The van der Waals surface area contributed by atoms with Crippen molar-refractivity contribution in [1.29, 1.82) is 0 Å². The van der Waals surface area contributed by atoms with Crippen LogP contribution in [0.5, 0.6) is 0 Å². The number of hydrogen-bond donors (Lipinski definition) is 3. The van der Waals surface area contributed by atoms with E-state index in [4.69, 9.17) is 5.11 Å². The SMILES string of the molecule is CCCCC(NCC1CCCC1CO)C(=O)O. The van der Waals surface area contributed by atoms with Gasteiger partial charge in [-0.2, -0.15) is 0 Å². The Morgan fingerprint density at radius 2 is 2.12 bits per heavy atom. The highest BCUT2D eigenvalue weighted by molar-refractivity contribution is 5.73. The normalized spacial score (nSPS) is 26.0. The molecule has 3 N–H and O–H groups in total. The Morgan fingerprint density at radius 3 is 2.71 bits per heavy atom. The molecule has 0 aliphatic heterocycles. The molecule has 0 spiro atoms. The molecule has 1 saturated carbocycles. The number of aliphatic hydroxyl groups is 1. The summed E-state index contributed by atoms with van der Waals surface area (Å²) in [6.45, 7) is 3.03. The predicted molar refractivity (Wildman–Crippen MR) is 66.9 cm³/mol. The third kappa shape index (κ3) is 4.64. The van der Waals surface area contributed by atoms with Crippen molar-refractivity contribution in [2.24, 2.45) is 11.8 Å². The van der Waals surface area contributed by atoms with Gasteiger partial charge in [-0.1, -0.05) is 26.2 Å². The van der Waals surface area contributed by atoms with Crippen LogP contribution < -0.4 is 5.32 Å². The van der Waals surface area contributed by atoms with Crippen LogP contribution >= 0.6 is 0 Å². The zero-order chi connectivity index (χ0) is 12.7. The zero-order valence-electron chi connectivity index (χ0n) is 10.7. The van der Waals surface area contributed by atoms with Gasteiger partial charge in [0.2, 0.25) is 0 Å². The number of aliphatic hydroxyl groups excluding tert-OH is 1.